The minimum Gasteiger partial charge on any atom is -0.370 e. The van der Waals surface area contributed by atoms with Crippen LogP contribution in [0.5, 0.6) is 0 Å². The van der Waals surface area contributed by atoms with Gasteiger partial charge in [0.2, 0.25) is 0 Å². The lowest BCUT2D eigenvalue weighted by Gasteiger charge is -2.29. The summed E-state index contributed by atoms with van der Waals surface area (Å²) in [5.41, 5.74) is 1.07. The van der Waals surface area contributed by atoms with Crippen molar-refractivity contribution in [3.05, 3.63) is 35.9 Å². The Morgan fingerprint density at radius 1 is 1.16 bits per heavy atom. The summed E-state index contributed by atoms with van der Waals surface area (Å²) in [5.74, 6) is 1.36. The monoisotopic (exact) mass is 320 g/mol. The molecule has 0 aromatic heterocycles. The number of ether oxygens (including phenoxy) is 1. The topological polar surface area (TPSA) is 52.6 Å². The zero-order valence-corrected chi connectivity index (χ0v) is 13.0. The van der Waals surface area contributed by atoms with Crippen molar-refractivity contribution in [1.82, 2.24) is 0 Å². The van der Waals surface area contributed by atoms with Crippen LogP contribution >= 0.6 is 21.6 Å². The van der Waals surface area contributed by atoms with Gasteiger partial charge in [-0.15, -0.1) is 0 Å². The Balaban J connectivity index is 1.92. The molecule has 0 saturated carbocycles. The van der Waals surface area contributed by atoms with E-state index < -0.39 is 16.2 Å². The Kier molecular flexibility index (Phi) is 5.58. The molecule has 0 unspecified atom stereocenters. The SMILES string of the molecule is CS(=O)(=O)O[C@@H]1CSSC[C@H]1OCc1ccccc1. The largest absolute Gasteiger partial charge is 0.370 e. The van der Waals surface area contributed by atoms with Gasteiger partial charge in [-0.05, 0) is 5.56 Å². The first-order valence-electron chi connectivity index (χ1n) is 5.83. The summed E-state index contributed by atoms with van der Waals surface area (Å²) in [4.78, 5) is 0. The highest BCUT2D eigenvalue weighted by molar-refractivity contribution is 8.76. The van der Waals surface area contributed by atoms with Crippen molar-refractivity contribution in [1.29, 1.82) is 0 Å². The van der Waals surface area contributed by atoms with Crippen molar-refractivity contribution in [2.24, 2.45) is 0 Å². The summed E-state index contributed by atoms with van der Waals surface area (Å²) in [5, 5.41) is 0. The van der Waals surface area contributed by atoms with Gasteiger partial charge in [0, 0.05) is 11.5 Å². The van der Waals surface area contributed by atoms with Crippen molar-refractivity contribution < 1.29 is 17.3 Å². The maximum Gasteiger partial charge on any atom is 0.264 e. The first-order valence-corrected chi connectivity index (χ1v) is 10.1. The molecule has 1 aromatic rings. The molecule has 1 fully saturated rings. The van der Waals surface area contributed by atoms with Crippen LogP contribution in [0.25, 0.3) is 0 Å². The summed E-state index contributed by atoms with van der Waals surface area (Å²) >= 11 is 0. The predicted molar refractivity (Wildman–Crippen MR) is 79.7 cm³/mol. The quantitative estimate of drug-likeness (QED) is 0.613. The zero-order chi connectivity index (χ0) is 13.7. The van der Waals surface area contributed by atoms with Crippen molar-refractivity contribution in [2.45, 2.75) is 18.8 Å². The molecule has 1 aliphatic rings. The van der Waals surface area contributed by atoms with Gasteiger partial charge in [-0.2, -0.15) is 8.42 Å². The van der Waals surface area contributed by atoms with Gasteiger partial charge < -0.3 is 4.74 Å². The van der Waals surface area contributed by atoms with E-state index in [-0.39, 0.29) is 6.10 Å². The Labute approximate surface area is 121 Å². The minimum atomic E-state index is -3.44. The molecule has 0 bridgehead atoms. The van der Waals surface area contributed by atoms with Gasteiger partial charge in [-0.1, -0.05) is 51.9 Å². The van der Waals surface area contributed by atoms with E-state index in [1.807, 2.05) is 30.3 Å². The maximum absolute atomic E-state index is 11.2. The average Bonchev–Trinajstić information content (AvgIpc) is 2.37. The second-order valence-corrected chi connectivity index (χ2v) is 8.40. The summed E-state index contributed by atoms with van der Waals surface area (Å²) < 4.78 is 33.3. The number of benzene rings is 1. The Hall–Kier alpha value is -0.210. The highest BCUT2D eigenvalue weighted by atomic mass is 33.1. The molecule has 0 amide bonds. The van der Waals surface area contributed by atoms with E-state index in [0.717, 1.165) is 17.6 Å². The molecule has 2 rings (SSSR count). The second-order valence-electron chi connectivity index (χ2n) is 4.24. The van der Waals surface area contributed by atoms with Crippen LogP contribution in [0.1, 0.15) is 5.56 Å². The first kappa shape index (κ1) is 15.2. The zero-order valence-electron chi connectivity index (χ0n) is 10.5. The van der Waals surface area contributed by atoms with Crippen LogP contribution in [0, 0.1) is 0 Å². The Morgan fingerprint density at radius 3 is 2.42 bits per heavy atom. The van der Waals surface area contributed by atoms with Gasteiger partial charge in [0.05, 0.1) is 19.0 Å². The normalized spacial score (nSPS) is 24.3. The summed E-state index contributed by atoms with van der Waals surface area (Å²) in [6.07, 6.45) is 0.486. The molecule has 19 heavy (non-hydrogen) atoms. The number of rotatable bonds is 5. The molecule has 7 heteroatoms. The molecule has 1 aromatic carbocycles. The van der Waals surface area contributed by atoms with Crippen LogP contribution in [-0.2, 0) is 25.6 Å². The molecular weight excluding hydrogens is 304 g/mol. The molecular formula is C12H16O4S3. The fourth-order valence-electron chi connectivity index (χ4n) is 1.69. The van der Waals surface area contributed by atoms with E-state index >= 15 is 0 Å². The van der Waals surface area contributed by atoms with Gasteiger partial charge in [-0.25, -0.2) is 0 Å². The molecule has 1 aliphatic heterocycles. The van der Waals surface area contributed by atoms with Gasteiger partial charge in [0.25, 0.3) is 10.1 Å². The molecule has 2 atom stereocenters. The molecule has 0 N–H and O–H groups in total. The van der Waals surface area contributed by atoms with Crippen LogP contribution < -0.4 is 0 Å². The van der Waals surface area contributed by atoms with E-state index in [1.54, 1.807) is 21.6 Å². The Bertz CT molecular complexity index is 489. The van der Waals surface area contributed by atoms with Crippen LogP contribution in [0.15, 0.2) is 30.3 Å². The van der Waals surface area contributed by atoms with Gasteiger partial charge in [0.1, 0.15) is 6.10 Å². The maximum atomic E-state index is 11.2. The summed E-state index contributed by atoms with van der Waals surface area (Å²) in [7, 11) is -0.141. The third kappa shape index (κ3) is 5.35. The fourth-order valence-corrected chi connectivity index (χ4v) is 4.86. The highest BCUT2D eigenvalue weighted by Crippen LogP contribution is 2.33. The van der Waals surface area contributed by atoms with Crippen LogP contribution in [0.4, 0.5) is 0 Å². The lowest BCUT2D eigenvalue weighted by Crippen LogP contribution is -2.39. The second kappa shape index (κ2) is 6.99. The van der Waals surface area contributed by atoms with Crippen molar-refractivity contribution >= 4 is 31.7 Å². The van der Waals surface area contributed by atoms with Crippen molar-refractivity contribution in [3.63, 3.8) is 0 Å². The molecule has 0 aliphatic carbocycles. The molecule has 1 heterocycles. The molecule has 0 radical (unpaired) electrons. The van der Waals surface area contributed by atoms with Crippen molar-refractivity contribution in [3.8, 4) is 0 Å². The number of hydrogen-bond donors (Lipinski definition) is 0. The summed E-state index contributed by atoms with van der Waals surface area (Å²) in [6.45, 7) is 0.473. The molecule has 0 spiro atoms. The van der Waals surface area contributed by atoms with Gasteiger partial charge >= 0.3 is 0 Å². The van der Waals surface area contributed by atoms with Gasteiger partial charge in [-0.3, -0.25) is 4.18 Å². The van der Waals surface area contributed by atoms with E-state index in [9.17, 15) is 8.42 Å². The van der Waals surface area contributed by atoms with E-state index in [1.165, 1.54) is 0 Å². The van der Waals surface area contributed by atoms with E-state index in [0.29, 0.717) is 12.4 Å². The average molecular weight is 320 g/mol. The van der Waals surface area contributed by atoms with Gasteiger partial charge in [0.15, 0.2) is 0 Å². The van der Waals surface area contributed by atoms with Crippen LogP contribution in [0.2, 0.25) is 0 Å². The first-order chi connectivity index (χ1) is 9.04. The lowest BCUT2D eigenvalue weighted by atomic mass is 10.2. The third-order valence-corrected chi connectivity index (χ3v) is 5.58. The highest BCUT2D eigenvalue weighted by Gasteiger charge is 2.30. The Morgan fingerprint density at radius 2 is 1.79 bits per heavy atom. The molecule has 1 saturated heterocycles. The van der Waals surface area contributed by atoms with Crippen molar-refractivity contribution in [2.75, 3.05) is 17.8 Å². The third-order valence-electron chi connectivity index (χ3n) is 2.57. The minimum absolute atomic E-state index is 0.193. The van der Waals surface area contributed by atoms with Crippen LogP contribution in [-0.4, -0.2) is 38.4 Å². The molecule has 4 nitrogen and oxygen atoms in total. The predicted octanol–water partition coefficient (Wildman–Crippen LogP) is 2.31. The molecule has 106 valence electrons. The van der Waals surface area contributed by atoms with E-state index in [2.05, 4.69) is 0 Å². The number of hydrogen-bond acceptors (Lipinski definition) is 6. The fraction of sp³-hybridized carbons (Fsp3) is 0.500. The standard InChI is InChI=1S/C12H16O4S3/c1-19(13,14)16-12-9-18-17-8-11(12)15-7-10-5-3-2-4-6-10/h2-6,11-12H,7-9H2,1H3/t11-,12-/m1/s1. The van der Waals surface area contributed by atoms with Crippen LogP contribution in [0.3, 0.4) is 0 Å². The summed E-state index contributed by atoms with van der Waals surface area (Å²) in [6, 6.07) is 9.82. The smallest absolute Gasteiger partial charge is 0.264 e. The lowest BCUT2D eigenvalue weighted by molar-refractivity contribution is -0.00956. The van der Waals surface area contributed by atoms with E-state index in [4.69, 9.17) is 8.92 Å².